The summed E-state index contributed by atoms with van der Waals surface area (Å²) in [6.07, 6.45) is 0.178. The number of pyridine rings is 1. The van der Waals surface area contributed by atoms with Crippen molar-refractivity contribution in [2.75, 3.05) is 0 Å². The summed E-state index contributed by atoms with van der Waals surface area (Å²) in [4.78, 5) is 27.9. The van der Waals surface area contributed by atoms with Crippen molar-refractivity contribution in [3.8, 4) is 22.4 Å². The highest BCUT2D eigenvalue weighted by atomic mass is 31.1. The lowest BCUT2D eigenvalue weighted by Gasteiger charge is -2.42. The third kappa shape index (κ3) is 4.52. The average Bonchev–Trinajstić information content (AvgIpc) is 2.83. The Morgan fingerprint density at radius 1 is 1.06 bits per heavy atom. The van der Waals surface area contributed by atoms with E-state index < -0.39 is 30.6 Å². The molecule has 1 heterocycles. The molecule has 0 radical (unpaired) electrons. The molecule has 3 atom stereocenters. The summed E-state index contributed by atoms with van der Waals surface area (Å²) in [7, 11) is -3.80. The number of carbonyl (C=O) groups is 1. The minimum absolute atomic E-state index is 0.178. The predicted octanol–water partition coefficient (Wildman–Crippen LogP) is 6.15. The molecule has 0 bridgehead atoms. The lowest BCUT2D eigenvalue weighted by Crippen LogP contribution is -2.53. The minimum Gasteiger partial charge on any atom is -0.480 e. The van der Waals surface area contributed by atoms with Gasteiger partial charge in [-0.1, -0.05) is 70.2 Å². The largest absolute Gasteiger partial charge is 0.480 e. The van der Waals surface area contributed by atoms with E-state index in [0.717, 1.165) is 11.1 Å². The third-order valence-corrected chi connectivity index (χ3v) is 8.77. The van der Waals surface area contributed by atoms with Gasteiger partial charge in [-0.3, -0.25) is 14.3 Å². The fourth-order valence-electron chi connectivity index (χ4n) is 5.03. The maximum Gasteiger partial charge on any atom is 0.322 e. The second kappa shape index (κ2) is 10.6. The molecule has 0 fully saturated rings. The summed E-state index contributed by atoms with van der Waals surface area (Å²) in [6.45, 7) is 8.41. The van der Waals surface area contributed by atoms with Gasteiger partial charge in [-0.05, 0) is 54.5 Å². The zero-order chi connectivity index (χ0) is 26.8. The van der Waals surface area contributed by atoms with E-state index in [9.17, 15) is 28.9 Å². The van der Waals surface area contributed by atoms with Crippen LogP contribution in [0.3, 0.4) is 0 Å². The summed E-state index contributed by atoms with van der Waals surface area (Å²) in [6, 6.07) is 15.2. The SMILES string of the molecule is CCc1c(-c2ccccc2)nc(C(C)C)c(C(C)(O)C(CC)(C(=O)O)[PH](=O)O)c1-c1ccc(F)cc1. The monoisotopic (exact) mass is 513 g/mol. The highest BCUT2D eigenvalue weighted by Crippen LogP contribution is 2.55. The fraction of sp³-hybridized carbons (Fsp3) is 0.357. The standard InChI is InChI=1S/C28H33FNO5P/c1-6-21-22(18-13-15-20(29)16-14-18)23(27(5,33)28(7-2,26(31)32)36(34)35)24(17(3)4)30-25(21)19-11-9-8-10-12-19/h8-17,33,36H,6-7H2,1-5H3,(H,31,32)(H,34,35). The van der Waals surface area contributed by atoms with Crippen LogP contribution in [0, 0.1) is 5.82 Å². The molecule has 0 aliphatic heterocycles. The lowest BCUT2D eigenvalue weighted by molar-refractivity contribution is -0.149. The van der Waals surface area contributed by atoms with Gasteiger partial charge in [0.05, 0.1) is 11.4 Å². The van der Waals surface area contributed by atoms with Gasteiger partial charge in [0.25, 0.3) is 0 Å². The molecule has 3 unspecified atom stereocenters. The Hall–Kier alpha value is -2.86. The minimum atomic E-state index is -3.80. The molecule has 8 heteroatoms. The van der Waals surface area contributed by atoms with E-state index in [4.69, 9.17) is 4.98 Å². The molecule has 0 saturated carbocycles. The van der Waals surface area contributed by atoms with E-state index in [1.54, 1.807) is 12.1 Å². The van der Waals surface area contributed by atoms with E-state index in [1.165, 1.54) is 26.0 Å². The Morgan fingerprint density at radius 3 is 2.08 bits per heavy atom. The van der Waals surface area contributed by atoms with Crippen LogP contribution in [0.5, 0.6) is 0 Å². The van der Waals surface area contributed by atoms with E-state index >= 15 is 0 Å². The Labute approximate surface area is 211 Å². The normalized spacial score (nSPS) is 15.8. The van der Waals surface area contributed by atoms with Crippen LogP contribution in [0.4, 0.5) is 4.39 Å². The van der Waals surface area contributed by atoms with Crippen LogP contribution in [0.1, 0.15) is 63.8 Å². The van der Waals surface area contributed by atoms with E-state index in [0.29, 0.717) is 28.9 Å². The molecule has 2 aromatic carbocycles. The molecule has 1 aromatic heterocycles. The number of aliphatic hydroxyl groups is 1. The summed E-state index contributed by atoms with van der Waals surface area (Å²) in [5.74, 6) is -2.28. The molecule has 0 aliphatic rings. The van der Waals surface area contributed by atoms with Crippen LogP contribution in [-0.2, 0) is 21.4 Å². The zero-order valence-electron chi connectivity index (χ0n) is 21.2. The van der Waals surface area contributed by atoms with Crippen molar-refractivity contribution in [3.63, 3.8) is 0 Å². The zero-order valence-corrected chi connectivity index (χ0v) is 22.2. The fourth-order valence-corrected chi connectivity index (χ4v) is 6.06. The van der Waals surface area contributed by atoms with Crippen LogP contribution in [-0.4, -0.2) is 31.2 Å². The van der Waals surface area contributed by atoms with Gasteiger partial charge in [0, 0.05) is 11.1 Å². The maximum atomic E-state index is 13.9. The number of benzene rings is 2. The number of hydrogen-bond acceptors (Lipinski definition) is 4. The molecular formula is C28H33FNO5P. The highest BCUT2D eigenvalue weighted by molar-refractivity contribution is 7.41. The number of hydrogen-bond donors (Lipinski definition) is 3. The van der Waals surface area contributed by atoms with Gasteiger partial charge in [-0.15, -0.1) is 0 Å². The molecule has 0 saturated heterocycles. The van der Waals surface area contributed by atoms with Crippen molar-refractivity contribution in [1.29, 1.82) is 0 Å². The molecule has 3 aromatic rings. The Bertz CT molecular complexity index is 1260. The van der Waals surface area contributed by atoms with Gasteiger partial charge < -0.3 is 15.1 Å². The first-order chi connectivity index (χ1) is 16.9. The van der Waals surface area contributed by atoms with Crippen LogP contribution in [0.15, 0.2) is 54.6 Å². The van der Waals surface area contributed by atoms with Crippen molar-refractivity contribution in [2.45, 2.75) is 64.1 Å². The van der Waals surface area contributed by atoms with Gasteiger partial charge in [-0.2, -0.15) is 0 Å². The Balaban J connectivity index is 2.62. The van der Waals surface area contributed by atoms with Crippen molar-refractivity contribution in [1.82, 2.24) is 4.98 Å². The summed E-state index contributed by atoms with van der Waals surface area (Å²) in [5, 5.41) is 20.0. The number of aliphatic carboxylic acids is 1. The second-order valence-corrected chi connectivity index (χ2v) is 10.9. The van der Waals surface area contributed by atoms with Crippen LogP contribution in [0.25, 0.3) is 22.4 Å². The van der Waals surface area contributed by atoms with Crippen molar-refractivity contribution >= 4 is 14.0 Å². The number of aromatic nitrogens is 1. The van der Waals surface area contributed by atoms with Gasteiger partial charge in [0.15, 0.2) is 5.16 Å². The smallest absolute Gasteiger partial charge is 0.322 e. The second-order valence-electron chi connectivity index (χ2n) is 9.40. The van der Waals surface area contributed by atoms with Gasteiger partial charge >= 0.3 is 5.97 Å². The van der Waals surface area contributed by atoms with E-state index in [2.05, 4.69) is 0 Å². The molecule has 0 amide bonds. The van der Waals surface area contributed by atoms with Crippen molar-refractivity contribution < 1.29 is 28.9 Å². The van der Waals surface area contributed by atoms with Crippen molar-refractivity contribution in [3.05, 3.63) is 77.2 Å². The third-order valence-electron chi connectivity index (χ3n) is 6.98. The first kappa shape index (κ1) is 27.7. The highest BCUT2D eigenvalue weighted by Gasteiger charge is 2.59. The number of rotatable bonds is 9. The van der Waals surface area contributed by atoms with Gasteiger partial charge in [-0.25, -0.2) is 4.39 Å². The molecule has 192 valence electrons. The summed E-state index contributed by atoms with van der Waals surface area (Å²) >= 11 is 0. The maximum absolute atomic E-state index is 13.9. The molecule has 3 rings (SSSR count). The number of carboxylic acids is 1. The molecule has 6 nitrogen and oxygen atoms in total. The van der Waals surface area contributed by atoms with Crippen LogP contribution in [0.2, 0.25) is 0 Å². The Kier molecular flexibility index (Phi) is 8.19. The number of nitrogens with zero attached hydrogens (tertiary/aromatic N) is 1. The number of halogens is 1. The van der Waals surface area contributed by atoms with E-state index in [1.807, 2.05) is 51.1 Å². The van der Waals surface area contributed by atoms with Crippen LogP contribution >= 0.6 is 8.03 Å². The molecular weight excluding hydrogens is 480 g/mol. The summed E-state index contributed by atoms with van der Waals surface area (Å²) < 4.78 is 26.6. The Morgan fingerprint density at radius 2 is 1.64 bits per heavy atom. The lowest BCUT2D eigenvalue weighted by atomic mass is 9.73. The molecule has 0 aliphatic carbocycles. The molecule has 36 heavy (non-hydrogen) atoms. The molecule has 0 spiro atoms. The summed E-state index contributed by atoms with van der Waals surface area (Å²) in [5.41, 5.74) is 1.58. The molecule has 3 N–H and O–H groups in total. The quantitative estimate of drug-likeness (QED) is 0.296. The van der Waals surface area contributed by atoms with Gasteiger partial charge in [0.1, 0.15) is 11.4 Å². The average molecular weight is 514 g/mol. The van der Waals surface area contributed by atoms with Crippen molar-refractivity contribution in [2.24, 2.45) is 0 Å². The van der Waals surface area contributed by atoms with Gasteiger partial charge in [0.2, 0.25) is 8.03 Å². The number of carboxylic acid groups (broad SMARTS) is 1. The van der Waals surface area contributed by atoms with E-state index in [-0.39, 0.29) is 17.9 Å². The van der Waals surface area contributed by atoms with Crippen LogP contribution < -0.4 is 0 Å². The topological polar surface area (TPSA) is 108 Å². The first-order valence-corrected chi connectivity index (χ1v) is 13.4. The first-order valence-electron chi connectivity index (χ1n) is 12.0. The predicted molar refractivity (Wildman–Crippen MR) is 140 cm³/mol.